The number of hydrogen-bond acceptors (Lipinski definition) is 4. The van der Waals surface area contributed by atoms with Gasteiger partial charge in [0.15, 0.2) is 0 Å². The Morgan fingerprint density at radius 2 is 2.12 bits per heavy atom. The lowest BCUT2D eigenvalue weighted by Crippen LogP contribution is -2.52. The van der Waals surface area contributed by atoms with E-state index in [1.165, 1.54) is 10.4 Å². The number of hydrogen-bond donors (Lipinski definition) is 1. The Morgan fingerprint density at radius 3 is 2.83 bits per heavy atom. The number of benzene rings is 1. The van der Waals surface area contributed by atoms with Gasteiger partial charge >= 0.3 is 6.03 Å². The van der Waals surface area contributed by atoms with Gasteiger partial charge in [0, 0.05) is 30.7 Å². The Bertz CT molecular complexity index is 673. The highest BCUT2D eigenvalue weighted by Gasteiger charge is 2.30. The number of nitrogens with zero attached hydrogens (tertiary/aromatic N) is 3. The maximum absolute atomic E-state index is 12.7. The predicted molar refractivity (Wildman–Crippen MR) is 97.1 cm³/mol. The van der Waals surface area contributed by atoms with E-state index in [1.807, 2.05) is 29.3 Å². The summed E-state index contributed by atoms with van der Waals surface area (Å²) in [5.41, 5.74) is 1.18. The second kappa shape index (κ2) is 7.77. The molecule has 1 fully saturated rings. The molecule has 1 saturated heterocycles. The van der Waals surface area contributed by atoms with Crippen LogP contribution in [-0.2, 0) is 13.0 Å². The first-order valence-corrected chi connectivity index (χ1v) is 9.20. The lowest BCUT2D eigenvalue weighted by Gasteiger charge is -2.40. The molecule has 5 nitrogen and oxygen atoms in total. The van der Waals surface area contributed by atoms with Crippen molar-refractivity contribution in [3.05, 3.63) is 52.0 Å². The molecule has 1 aliphatic rings. The van der Waals surface area contributed by atoms with Crippen molar-refractivity contribution in [2.45, 2.75) is 25.9 Å². The first-order valence-electron chi connectivity index (χ1n) is 8.39. The van der Waals surface area contributed by atoms with Crippen molar-refractivity contribution in [3.63, 3.8) is 0 Å². The molecule has 2 amide bonds. The molecule has 0 unspecified atom stereocenters. The summed E-state index contributed by atoms with van der Waals surface area (Å²) in [4.78, 5) is 22.6. The maximum Gasteiger partial charge on any atom is 0.318 e. The summed E-state index contributed by atoms with van der Waals surface area (Å²) in [6, 6.07) is 10.3. The molecule has 2 aromatic rings. The molecule has 3 rings (SSSR count). The van der Waals surface area contributed by atoms with Crippen LogP contribution in [0.3, 0.4) is 0 Å². The number of urea groups is 1. The lowest BCUT2D eigenvalue weighted by molar-refractivity contribution is 0.108. The Morgan fingerprint density at radius 1 is 1.33 bits per heavy atom. The van der Waals surface area contributed by atoms with Crippen LogP contribution in [0.1, 0.15) is 28.4 Å². The molecule has 1 aliphatic heterocycles. The molecule has 2 heterocycles. The molecule has 1 aromatic carbocycles. The fraction of sp³-hybridized carbons (Fsp3) is 0.444. The molecule has 1 atom stereocenters. The average Bonchev–Trinajstić information content (AvgIpc) is 3.08. The van der Waals surface area contributed by atoms with Crippen LogP contribution in [0.5, 0.6) is 0 Å². The quantitative estimate of drug-likeness (QED) is 0.928. The highest BCUT2D eigenvalue weighted by atomic mass is 32.1. The van der Waals surface area contributed by atoms with E-state index < -0.39 is 0 Å². The number of thiazole rings is 1. The number of rotatable bonds is 4. The third kappa shape index (κ3) is 3.94. The number of carbonyl (C=O) groups excluding carboxylic acids is 1. The van der Waals surface area contributed by atoms with E-state index in [0.717, 1.165) is 31.1 Å². The first kappa shape index (κ1) is 16.9. The molecule has 6 heteroatoms. The minimum Gasteiger partial charge on any atom is -0.331 e. The van der Waals surface area contributed by atoms with Gasteiger partial charge in [0.2, 0.25) is 0 Å². The molecule has 128 valence electrons. The molecule has 1 aromatic heterocycles. The van der Waals surface area contributed by atoms with Gasteiger partial charge in [-0.1, -0.05) is 37.3 Å². The second-order valence-corrected chi connectivity index (χ2v) is 7.31. The summed E-state index contributed by atoms with van der Waals surface area (Å²) in [7, 11) is 2.10. The molecule has 0 radical (unpaired) electrons. The summed E-state index contributed by atoms with van der Waals surface area (Å²) in [6.07, 6.45) is 2.88. The van der Waals surface area contributed by atoms with E-state index in [4.69, 9.17) is 0 Å². The van der Waals surface area contributed by atoms with Gasteiger partial charge in [0.25, 0.3) is 0 Å². The van der Waals surface area contributed by atoms with E-state index in [0.29, 0.717) is 6.54 Å². The van der Waals surface area contributed by atoms with Crippen molar-refractivity contribution in [2.24, 2.45) is 0 Å². The van der Waals surface area contributed by atoms with E-state index in [9.17, 15) is 4.79 Å². The third-order valence-corrected chi connectivity index (χ3v) is 5.51. The SMILES string of the molecule is CCc1cnc(CNC(=O)N2CCN(C)C[C@H]2c2ccccc2)s1. The van der Waals surface area contributed by atoms with Crippen molar-refractivity contribution < 1.29 is 4.79 Å². The van der Waals surface area contributed by atoms with Gasteiger partial charge in [-0.05, 0) is 19.0 Å². The highest BCUT2D eigenvalue weighted by Crippen LogP contribution is 2.25. The number of piperazine rings is 1. The summed E-state index contributed by atoms with van der Waals surface area (Å²) in [5, 5.41) is 4.00. The largest absolute Gasteiger partial charge is 0.331 e. The van der Waals surface area contributed by atoms with Gasteiger partial charge in [-0.3, -0.25) is 0 Å². The minimum atomic E-state index is -0.00907. The van der Waals surface area contributed by atoms with E-state index >= 15 is 0 Å². The lowest BCUT2D eigenvalue weighted by atomic mass is 10.0. The Labute approximate surface area is 147 Å². The Kier molecular flexibility index (Phi) is 5.48. The molecular weight excluding hydrogens is 320 g/mol. The molecule has 0 saturated carbocycles. The topological polar surface area (TPSA) is 48.5 Å². The summed E-state index contributed by atoms with van der Waals surface area (Å²) < 4.78 is 0. The standard InChI is InChI=1S/C18H24N4OS/c1-3-15-11-19-17(24-15)12-20-18(23)22-10-9-21(2)13-16(22)14-7-5-4-6-8-14/h4-8,11,16H,3,9-10,12-13H2,1-2H3,(H,20,23)/t16-/m0/s1. The second-order valence-electron chi connectivity index (χ2n) is 6.11. The van der Waals surface area contributed by atoms with Gasteiger partial charge in [0.1, 0.15) is 5.01 Å². The number of likely N-dealkylation sites (N-methyl/N-ethyl adjacent to an activating group) is 1. The summed E-state index contributed by atoms with van der Waals surface area (Å²) >= 11 is 1.67. The zero-order valence-corrected chi connectivity index (χ0v) is 15.1. The van der Waals surface area contributed by atoms with Gasteiger partial charge < -0.3 is 15.1 Å². The minimum absolute atomic E-state index is 0.00907. The van der Waals surface area contributed by atoms with Gasteiger partial charge in [0.05, 0.1) is 12.6 Å². The normalized spacial score (nSPS) is 18.6. The molecular formula is C18H24N4OS. The van der Waals surface area contributed by atoms with Crippen LogP contribution in [0, 0.1) is 0 Å². The van der Waals surface area contributed by atoms with Crippen molar-refractivity contribution >= 4 is 17.4 Å². The van der Waals surface area contributed by atoms with E-state index in [1.54, 1.807) is 11.3 Å². The van der Waals surface area contributed by atoms with E-state index in [2.05, 4.69) is 41.3 Å². The van der Waals surface area contributed by atoms with Crippen LogP contribution in [0.2, 0.25) is 0 Å². The monoisotopic (exact) mass is 344 g/mol. The zero-order chi connectivity index (χ0) is 16.9. The van der Waals surface area contributed by atoms with Crippen LogP contribution in [0.4, 0.5) is 4.79 Å². The Balaban J connectivity index is 1.67. The third-order valence-electron chi connectivity index (χ3n) is 4.37. The number of nitrogens with one attached hydrogen (secondary N) is 1. The molecule has 0 spiro atoms. The number of aromatic nitrogens is 1. The van der Waals surface area contributed by atoms with Crippen molar-refractivity contribution in [1.82, 2.24) is 20.1 Å². The highest BCUT2D eigenvalue weighted by molar-refractivity contribution is 7.11. The van der Waals surface area contributed by atoms with Crippen molar-refractivity contribution in [3.8, 4) is 0 Å². The van der Waals surface area contributed by atoms with E-state index in [-0.39, 0.29) is 12.1 Å². The number of aryl methyl sites for hydroxylation is 1. The number of carbonyl (C=O) groups is 1. The maximum atomic E-state index is 12.7. The van der Waals surface area contributed by atoms with Crippen LogP contribution in [-0.4, -0.2) is 47.5 Å². The smallest absolute Gasteiger partial charge is 0.318 e. The molecule has 0 bridgehead atoms. The first-order chi connectivity index (χ1) is 11.7. The summed E-state index contributed by atoms with van der Waals surface area (Å²) in [5.74, 6) is 0. The van der Waals surface area contributed by atoms with Gasteiger partial charge in [-0.25, -0.2) is 9.78 Å². The average molecular weight is 344 g/mol. The fourth-order valence-corrected chi connectivity index (χ4v) is 3.77. The van der Waals surface area contributed by atoms with Crippen LogP contribution >= 0.6 is 11.3 Å². The Hall–Kier alpha value is -1.92. The van der Waals surface area contributed by atoms with Crippen LogP contribution in [0.25, 0.3) is 0 Å². The van der Waals surface area contributed by atoms with Crippen molar-refractivity contribution in [2.75, 3.05) is 26.7 Å². The van der Waals surface area contributed by atoms with Crippen LogP contribution in [0.15, 0.2) is 36.5 Å². The molecule has 0 aliphatic carbocycles. The van der Waals surface area contributed by atoms with Crippen molar-refractivity contribution in [1.29, 1.82) is 0 Å². The number of amides is 2. The van der Waals surface area contributed by atoms with Crippen LogP contribution < -0.4 is 5.32 Å². The summed E-state index contributed by atoms with van der Waals surface area (Å²) in [6.45, 7) is 5.10. The van der Waals surface area contributed by atoms with Gasteiger partial charge in [-0.2, -0.15) is 0 Å². The fourth-order valence-electron chi connectivity index (χ4n) is 2.97. The predicted octanol–water partition coefficient (Wildman–Crippen LogP) is 2.90. The molecule has 24 heavy (non-hydrogen) atoms. The molecule has 1 N–H and O–H groups in total. The van der Waals surface area contributed by atoms with Gasteiger partial charge in [-0.15, -0.1) is 11.3 Å². The zero-order valence-electron chi connectivity index (χ0n) is 14.2.